The smallest absolute Gasteiger partial charge is 0.315 e. The molecule has 3 nitrogen and oxygen atoms in total. The summed E-state index contributed by atoms with van der Waals surface area (Å²) in [6, 6.07) is 11.4. The van der Waals surface area contributed by atoms with Crippen LogP contribution in [-0.2, 0) is 11.2 Å². The molecule has 0 atom stereocenters. The maximum absolute atomic E-state index is 12.9. The lowest BCUT2D eigenvalue weighted by Crippen LogP contribution is -2.10. The van der Waals surface area contributed by atoms with Crippen molar-refractivity contribution in [3.63, 3.8) is 0 Å². The van der Waals surface area contributed by atoms with Crippen LogP contribution in [0.1, 0.15) is 30.9 Å². The minimum absolute atomic E-state index is 0.103. The Labute approximate surface area is 133 Å². The van der Waals surface area contributed by atoms with E-state index < -0.39 is 5.97 Å². The van der Waals surface area contributed by atoms with E-state index in [1.54, 1.807) is 6.26 Å². The average molecular weight is 312 g/mol. The molecule has 118 valence electrons. The Morgan fingerprint density at radius 1 is 1.17 bits per heavy atom. The van der Waals surface area contributed by atoms with E-state index in [9.17, 15) is 9.18 Å². The Balaban J connectivity index is 1.79. The summed E-state index contributed by atoms with van der Waals surface area (Å²) in [6.07, 6.45) is 1.69. The number of furan rings is 1. The van der Waals surface area contributed by atoms with Gasteiger partial charge in [-0.1, -0.05) is 19.9 Å². The number of fused-ring (bicyclic) bond motifs is 1. The highest BCUT2D eigenvalue weighted by Gasteiger charge is 2.13. The van der Waals surface area contributed by atoms with Gasteiger partial charge in [-0.2, -0.15) is 0 Å². The molecule has 0 saturated heterocycles. The zero-order valence-corrected chi connectivity index (χ0v) is 13.0. The van der Waals surface area contributed by atoms with Crippen LogP contribution >= 0.6 is 0 Å². The molecule has 0 fully saturated rings. The summed E-state index contributed by atoms with van der Waals surface area (Å²) in [5.41, 5.74) is 2.72. The fourth-order valence-corrected chi connectivity index (χ4v) is 2.42. The van der Waals surface area contributed by atoms with Crippen molar-refractivity contribution < 1.29 is 18.3 Å². The number of benzene rings is 2. The Kier molecular flexibility index (Phi) is 4.15. The largest absolute Gasteiger partial charge is 0.464 e. The SMILES string of the molecule is CC(C)c1ccc2occ(CC(=O)Oc3ccc(F)cc3)c2c1. The summed E-state index contributed by atoms with van der Waals surface area (Å²) < 4.78 is 23.6. The number of carbonyl (C=O) groups is 1. The summed E-state index contributed by atoms with van der Waals surface area (Å²) in [5, 5.41) is 0.923. The molecule has 1 aromatic heterocycles. The van der Waals surface area contributed by atoms with E-state index in [0.29, 0.717) is 11.7 Å². The van der Waals surface area contributed by atoms with E-state index >= 15 is 0 Å². The summed E-state index contributed by atoms with van der Waals surface area (Å²) in [5.74, 6) is -0.0542. The van der Waals surface area contributed by atoms with Crippen LogP contribution in [0.5, 0.6) is 5.75 Å². The van der Waals surface area contributed by atoms with Gasteiger partial charge in [0.1, 0.15) is 17.1 Å². The number of hydrogen-bond acceptors (Lipinski definition) is 3. The van der Waals surface area contributed by atoms with Gasteiger partial charge < -0.3 is 9.15 Å². The molecule has 0 spiro atoms. The van der Waals surface area contributed by atoms with Gasteiger partial charge in [-0.15, -0.1) is 0 Å². The van der Waals surface area contributed by atoms with Crippen molar-refractivity contribution in [2.24, 2.45) is 0 Å². The van der Waals surface area contributed by atoms with Crippen molar-refractivity contribution >= 4 is 16.9 Å². The van der Waals surface area contributed by atoms with Gasteiger partial charge in [0.15, 0.2) is 0 Å². The molecule has 1 heterocycles. The molecule has 0 saturated carbocycles. The van der Waals surface area contributed by atoms with Crippen LogP contribution in [0.25, 0.3) is 11.0 Å². The molecular formula is C19H17FO3. The van der Waals surface area contributed by atoms with E-state index in [4.69, 9.17) is 9.15 Å². The second kappa shape index (κ2) is 6.24. The first-order valence-corrected chi connectivity index (χ1v) is 7.49. The summed E-state index contributed by atoms with van der Waals surface area (Å²) >= 11 is 0. The molecule has 3 aromatic rings. The monoisotopic (exact) mass is 312 g/mol. The molecule has 0 radical (unpaired) electrons. The molecule has 0 aliphatic carbocycles. The van der Waals surface area contributed by atoms with Crippen LogP contribution in [0.15, 0.2) is 53.1 Å². The third kappa shape index (κ3) is 3.42. The summed E-state index contributed by atoms with van der Waals surface area (Å²) in [4.78, 5) is 12.1. The Bertz CT molecular complexity index is 831. The van der Waals surface area contributed by atoms with E-state index in [0.717, 1.165) is 16.5 Å². The highest BCUT2D eigenvalue weighted by atomic mass is 19.1. The normalized spacial score (nSPS) is 11.1. The molecule has 0 unspecified atom stereocenters. The van der Waals surface area contributed by atoms with Gasteiger partial charge in [-0.3, -0.25) is 4.79 Å². The molecular weight excluding hydrogens is 295 g/mol. The van der Waals surface area contributed by atoms with Crippen molar-refractivity contribution in [1.29, 1.82) is 0 Å². The summed E-state index contributed by atoms with van der Waals surface area (Å²) in [7, 11) is 0. The second-order valence-corrected chi connectivity index (χ2v) is 5.78. The minimum atomic E-state index is -0.408. The number of hydrogen-bond donors (Lipinski definition) is 0. The van der Waals surface area contributed by atoms with Crippen molar-refractivity contribution in [2.45, 2.75) is 26.2 Å². The van der Waals surface area contributed by atoms with Crippen molar-refractivity contribution in [3.05, 3.63) is 65.7 Å². The molecule has 2 aromatic carbocycles. The van der Waals surface area contributed by atoms with Gasteiger partial charge in [0.2, 0.25) is 0 Å². The summed E-state index contributed by atoms with van der Waals surface area (Å²) in [6.45, 7) is 4.23. The first kappa shape index (κ1) is 15.3. The first-order valence-electron chi connectivity index (χ1n) is 7.49. The van der Waals surface area contributed by atoms with E-state index in [1.165, 1.54) is 29.8 Å². The third-order valence-corrected chi connectivity index (χ3v) is 3.72. The lowest BCUT2D eigenvalue weighted by molar-refractivity contribution is -0.133. The van der Waals surface area contributed by atoms with Gasteiger partial charge in [-0.05, 0) is 47.9 Å². The highest BCUT2D eigenvalue weighted by molar-refractivity contribution is 5.86. The van der Waals surface area contributed by atoms with Crippen LogP contribution < -0.4 is 4.74 Å². The van der Waals surface area contributed by atoms with Gasteiger partial charge in [0, 0.05) is 10.9 Å². The highest BCUT2D eigenvalue weighted by Crippen LogP contribution is 2.26. The number of carbonyl (C=O) groups excluding carboxylic acids is 1. The molecule has 4 heteroatoms. The Hall–Kier alpha value is -2.62. The zero-order chi connectivity index (χ0) is 16.4. The van der Waals surface area contributed by atoms with Crippen LogP contribution in [0.3, 0.4) is 0 Å². The standard InChI is InChI=1S/C19H17FO3/c1-12(2)13-3-8-18-17(9-13)14(11-22-18)10-19(21)23-16-6-4-15(20)5-7-16/h3-9,11-12H,10H2,1-2H3. The minimum Gasteiger partial charge on any atom is -0.464 e. The van der Waals surface area contributed by atoms with Crippen LogP contribution in [-0.4, -0.2) is 5.97 Å². The Morgan fingerprint density at radius 2 is 1.91 bits per heavy atom. The number of rotatable bonds is 4. The molecule has 23 heavy (non-hydrogen) atoms. The molecule has 0 amide bonds. The van der Waals surface area contributed by atoms with Gasteiger partial charge >= 0.3 is 5.97 Å². The van der Waals surface area contributed by atoms with Crippen LogP contribution in [0, 0.1) is 5.82 Å². The van der Waals surface area contributed by atoms with E-state index in [2.05, 4.69) is 13.8 Å². The van der Waals surface area contributed by atoms with Gasteiger partial charge in [0.25, 0.3) is 0 Å². The lowest BCUT2D eigenvalue weighted by Gasteiger charge is -2.06. The lowest BCUT2D eigenvalue weighted by atomic mass is 10.00. The maximum Gasteiger partial charge on any atom is 0.315 e. The van der Waals surface area contributed by atoms with Crippen LogP contribution in [0.4, 0.5) is 4.39 Å². The van der Waals surface area contributed by atoms with E-state index in [-0.39, 0.29) is 12.2 Å². The van der Waals surface area contributed by atoms with Crippen molar-refractivity contribution in [3.8, 4) is 5.75 Å². The maximum atomic E-state index is 12.9. The molecule has 0 bridgehead atoms. The van der Waals surface area contributed by atoms with Crippen molar-refractivity contribution in [1.82, 2.24) is 0 Å². The van der Waals surface area contributed by atoms with Gasteiger partial charge in [0.05, 0.1) is 12.7 Å². The second-order valence-electron chi connectivity index (χ2n) is 5.78. The number of esters is 1. The van der Waals surface area contributed by atoms with Crippen LogP contribution in [0.2, 0.25) is 0 Å². The predicted octanol–water partition coefficient (Wildman–Crippen LogP) is 4.84. The average Bonchev–Trinajstić information content (AvgIpc) is 2.92. The van der Waals surface area contributed by atoms with Gasteiger partial charge in [-0.25, -0.2) is 4.39 Å². The molecule has 0 N–H and O–H groups in total. The number of ether oxygens (including phenoxy) is 1. The first-order chi connectivity index (χ1) is 11.0. The van der Waals surface area contributed by atoms with E-state index in [1.807, 2.05) is 18.2 Å². The predicted molar refractivity (Wildman–Crippen MR) is 86.0 cm³/mol. The topological polar surface area (TPSA) is 39.4 Å². The fourth-order valence-electron chi connectivity index (χ4n) is 2.42. The quantitative estimate of drug-likeness (QED) is 0.511. The molecule has 3 rings (SSSR count). The zero-order valence-electron chi connectivity index (χ0n) is 13.0. The number of halogens is 1. The molecule has 0 aliphatic heterocycles. The molecule has 0 aliphatic rings. The third-order valence-electron chi connectivity index (χ3n) is 3.72. The Morgan fingerprint density at radius 3 is 2.61 bits per heavy atom. The van der Waals surface area contributed by atoms with Crippen molar-refractivity contribution in [2.75, 3.05) is 0 Å². The fraction of sp³-hybridized carbons (Fsp3) is 0.211.